The normalized spacial score (nSPS) is 10.9. The molecule has 0 aromatic carbocycles. The number of Topliss-reactive ketones (excluding diaryl/α,β-unsaturated/α-hetero) is 1. The predicted molar refractivity (Wildman–Crippen MR) is 44.3 cm³/mol. The molecule has 0 aromatic heterocycles. The number of rotatable bonds is 3. The van der Waals surface area contributed by atoms with Gasteiger partial charge in [-0.15, -0.1) is 5.92 Å². The fourth-order valence-corrected chi connectivity index (χ4v) is 0.663. The van der Waals surface area contributed by atoms with Crippen molar-refractivity contribution < 1.29 is 14.3 Å². The second-order valence-electron chi connectivity index (χ2n) is 2.34. The Morgan fingerprint density at radius 1 is 1.42 bits per heavy atom. The van der Waals surface area contributed by atoms with E-state index < -0.39 is 12.1 Å². The van der Waals surface area contributed by atoms with Crippen molar-refractivity contribution >= 4 is 11.8 Å². The molecule has 66 valence electrons. The third-order valence-corrected chi connectivity index (χ3v) is 1.23. The van der Waals surface area contributed by atoms with Gasteiger partial charge in [-0.3, -0.25) is 9.59 Å². The molecule has 0 aliphatic heterocycles. The average molecular weight is 168 g/mol. The third kappa shape index (κ3) is 4.51. The van der Waals surface area contributed by atoms with E-state index in [1.165, 1.54) is 13.8 Å². The quantitative estimate of drug-likeness (QED) is 0.465. The average Bonchev–Trinajstić information content (AvgIpc) is 1.96. The highest BCUT2D eigenvalue weighted by atomic mass is 16.5. The lowest BCUT2D eigenvalue weighted by atomic mass is 10.2. The highest BCUT2D eigenvalue weighted by Crippen LogP contribution is 1.99. The maximum Gasteiger partial charge on any atom is 0.303 e. The Balaban J connectivity index is 4.10. The fraction of sp³-hybridized carbons (Fsp3) is 0.556. The summed E-state index contributed by atoms with van der Waals surface area (Å²) in [5.74, 6) is 4.70. The molecular formula is C9H12O3. The monoisotopic (exact) mass is 168 g/mol. The van der Waals surface area contributed by atoms with Gasteiger partial charge in [0, 0.05) is 6.92 Å². The van der Waals surface area contributed by atoms with Crippen molar-refractivity contribution in [2.75, 3.05) is 0 Å². The predicted octanol–water partition coefficient (Wildman–Crippen LogP) is 0.921. The summed E-state index contributed by atoms with van der Waals surface area (Å²) in [5, 5.41) is 0. The fourth-order valence-electron chi connectivity index (χ4n) is 0.663. The smallest absolute Gasteiger partial charge is 0.303 e. The molecule has 0 heterocycles. The molecule has 0 aromatic rings. The van der Waals surface area contributed by atoms with E-state index in [0.29, 0.717) is 0 Å². The van der Waals surface area contributed by atoms with Crippen LogP contribution in [0.15, 0.2) is 0 Å². The van der Waals surface area contributed by atoms with Crippen molar-refractivity contribution in [3.8, 4) is 11.8 Å². The topological polar surface area (TPSA) is 43.4 Å². The van der Waals surface area contributed by atoms with Crippen molar-refractivity contribution in [3.05, 3.63) is 0 Å². The Hall–Kier alpha value is -1.30. The highest BCUT2D eigenvalue weighted by molar-refractivity contribution is 5.83. The van der Waals surface area contributed by atoms with Gasteiger partial charge in [0.2, 0.25) is 0 Å². The van der Waals surface area contributed by atoms with Gasteiger partial charge in [-0.05, 0) is 13.8 Å². The molecule has 0 spiro atoms. The minimum atomic E-state index is -0.699. The molecule has 0 rings (SSSR count). The molecule has 0 N–H and O–H groups in total. The van der Waals surface area contributed by atoms with E-state index in [4.69, 9.17) is 4.74 Å². The third-order valence-electron chi connectivity index (χ3n) is 1.23. The summed E-state index contributed by atoms with van der Waals surface area (Å²) in [6, 6.07) is 0. The summed E-state index contributed by atoms with van der Waals surface area (Å²) in [5.41, 5.74) is 0. The molecule has 0 aliphatic carbocycles. The van der Waals surface area contributed by atoms with Crippen molar-refractivity contribution in [3.63, 3.8) is 0 Å². The molecular weight excluding hydrogens is 156 g/mol. The molecule has 0 radical (unpaired) electrons. The van der Waals surface area contributed by atoms with Crippen LogP contribution in [0.1, 0.15) is 27.2 Å². The Bertz CT molecular complexity index is 232. The van der Waals surface area contributed by atoms with E-state index in [-0.39, 0.29) is 12.2 Å². The first-order valence-electron chi connectivity index (χ1n) is 3.65. The van der Waals surface area contributed by atoms with E-state index >= 15 is 0 Å². The first-order chi connectivity index (χ1) is 5.57. The summed E-state index contributed by atoms with van der Waals surface area (Å²) in [6.45, 7) is 4.32. The number of hydrogen-bond acceptors (Lipinski definition) is 3. The molecule has 0 bridgehead atoms. The number of hydrogen-bond donors (Lipinski definition) is 0. The number of ketones is 1. The second-order valence-corrected chi connectivity index (χ2v) is 2.34. The van der Waals surface area contributed by atoms with Crippen LogP contribution >= 0.6 is 0 Å². The van der Waals surface area contributed by atoms with Crippen LogP contribution in [0.3, 0.4) is 0 Å². The van der Waals surface area contributed by atoms with E-state index in [1.54, 1.807) is 6.92 Å². The van der Waals surface area contributed by atoms with E-state index in [2.05, 4.69) is 11.8 Å². The number of carbonyl (C=O) groups is 2. The van der Waals surface area contributed by atoms with Gasteiger partial charge in [0.25, 0.3) is 0 Å². The van der Waals surface area contributed by atoms with Crippen molar-refractivity contribution in [1.82, 2.24) is 0 Å². The molecule has 3 heteroatoms. The van der Waals surface area contributed by atoms with Gasteiger partial charge in [0.1, 0.15) is 0 Å². The zero-order chi connectivity index (χ0) is 9.56. The van der Waals surface area contributed by atoms with Crippen LogP contribution < -0.4 is 0 Å². The Morgan fingerprint density at radius 3 is 2.33 bits per heavy atom. The second kappa shape index (κ2) is 5.36. The van der Waals surface area contributed by atoms with Crippen LogP contribution in [0.2, 0.25) is 0 Å². The van der Waals surface area contributed by atoms with Gasteiger partial charge >= 0.3 is 5.97 Å². The molecule has 0 aliphatic rings. The van der Waals surface area contributed by atoms with Gasteiger partial charge in [-0.25, -0.2) is 0 Å². The number of ether oxygens (including phenoxy) is 1. The SMILES string of the molecule is CC#CC[C@@H](OC(C)=O)C(C)=O. The van der Waals surface area contributed by atoms with Crippen molar-refractivity contribution in [2.24, 2.45) is 0 Å². The van der Waals surface area contributed by atoms with Crippen LogP contribution in [-0.2, 0) is 14.3 Å². The van der Waals surface area contributed by atoms with Crippen LogP contribution in [0.4, 0.5) is 0 Å². The molecule has 12 heavy (non-hydrogen) atoms. The van der Waals surface area contributed by atoms with Gasteiger partial charge < -0.3 is 4.74 Å². The zero-order valence-electron chi connectivity index (χ0n) is 7.51. The lowest BCUT2D eigenvalue weighted by Gasteiger charge is -2.09. The lowest BCUT2D eigenvalue weighted by Crippen LogP contribution is -2.23. The maximum atomic E-state index is 10.8. The Kier molecular flexibility index (Phi) is 4.78. The molecule has 0 amide bonds. The van der Waals surface area contributed by atoms with Gasteiger partial charge in [0.05, 0.1) is 6.42 Å². The highest BCUT2D eigenvalue weighted by Gasteiger charge is 2.15. The Labute approximate surface area is 72.1 Å². The minimum absolute atomic E-state index is 0.173. The molecule has 1 atom stereocenters. The van der Waals surface area contributed by atoms with Crippen LogP contribution in [-0.4, -0.2) is 17.9 Å². The van der Waals surface area contributed by atoms with Gasteiger partial charge in [-0.1, -0.05) is 5.92 Å². The van der Waals surface area contributed by atoms with Crippen LogP contribution in [0.25, 0.3) is 0 Å². The van der Waals surface area contributed by atoms with Crippen LogP contribution in [0, 0.1) is 11.8 Å². The summed E-state index contributed by atoms with van der Waals surface area (Å²) in [4.78, 5) is 21.3. The van der Waals surface area contributed by atoms with Crippen molar-refractivity contribution in [1.29, 1.82) is 0 Å². The zero-order valence-corrected chi connectivity index (χ0v) is 7.51. The largest absolute Gasteiger partial charge is 0.454 e. The standard InChI is InChI=1S/C9H12O3/c1-4-5-6-9(7(2)10)12-8(3)11/h9H,6H2,1-3H3/t9-/m1/s1. The van der Waals surface area contributed by atoms with Crippen LogP contribution in [0.5, 0.6) is 0 Å². The first kappa shape index (κ1) is 10.7. The summed E-state index contributed by atoms with van der Waals surface area (Å²) >= 11 is 0. The molecule has 0 saturated heterocycles. The summed E-state index contributed by atoms with van der Waals surface area (Å²) in [7, 11) is 0. The summed E-state index contributed by atoms with van der Waals surface area (Å²) in [6.07, 6.45) is -0.416. The summed E-state index contributed by atoms with van der Waals surface area (Å²) < 4.78 is 4.72. The molecule has 0 fully saturated rings. The minimum Gasteiger partial charge on any atom is -0.454 e. The Morgan fingerprint density at radius 2 is 2.00 bits per heavy atom. The molecule has 0 unspecified atom stereocenters. The first-order valence-corrected chi connectivity index (χ1v) is 3.65. The van der Waals surface area contributed by atoms with Gasteiger partial charge in [-0.2, -0.15) is 0 Å². The van der Waals surface area contributed by atoms with Crippen molar-refractivity contribution in [2.45, 2.75) is 33.3 Å². The van der Waals surface area contributed by atoms with E-state index in [9.17, 15) is 9.59 Å². The lowest BCUT2D eigenvalue weighted by molar-refractivity contribution is -0.151. The molecule has 3 nitrogen and oxygen atoms in total. The van der Waals surface area contributed by atoms with E-state index in [1.807, 2.05) is 0 Å². The molecule has 0 saturated carbocycles. The van der Waals surface area contributed by atoms with E-state index in [0.717, 1.165) is 0 Å². The number of carbonyl (C=O) groups excluding carboxylic acids is 2. The maximum absolute atomic E-state index is 10.8. The number of esters is 1. The van der Waals surface area contributed by atoms with Gasteiger partial charge in [0.15, 0.2) is 11.9 Å².